The van der Waals surface area contributed by atoms with E-state index < -0.39 is 26.3 Å². The fourth-order valence-electron chi connectivity index (χ4n) is 5.89. The molecule has 18 nitrogen and oxygen atoms in total. The maximum atomic E-state index is 14.4. The molecule has 0 saturated heterocycles. The fraction of sp³-hybridized carbons (Fsp3) is 0.650. The number of phosphoric acid groups is 1. The number of nitrogens with one attached hydrogen (secondary N) is 2. The smallest absolute Gasteiger partial charge is 0.756 e. The molecule has 2 aromatic rings. The number of fused-ring (bicyclic) bond motifs is 1. The Kier molecular flexibility index (Phi) is 28.5. The minimum atomic E-state index is -4.87. The summed E-state index contributed by atoms with van der Waals surface area (Å²) in [5.74, 6) is -1.46. The molecule has 340 valence electrons. The van der Waals surface area contributed by atoms with Crippen molar-refractivity contribution in [1.82, 2.24) is 15.2 Å². The van der Waals surface area contributed by atoms with Gasteiger partial charge < -0.3 is 62.5 Å². The number of aromatic amines is 1. The zero-order valence-corrected chi connectivity index (χ0v) is 39.5. The van der Waals surface area contributed by atoms with Crippen LogP contribution in [0.15, 0.2) is 18.2 Å². The van der Waals surface area contributed by atoms with E-state index in [1.165, 1.54) is 18.2 Å². The van der Waals surface area contributed by atoms with Crippen LogP contribution in [-0.2, 0) is 56.3 Å². The number of methoxy groups -OCH3 is 1. The molecular formula is C40H63FN4NaO14P. The summed E-state index contributed by atoms with van der Waals surface area (Å²) >= 11 is 0. The van der Waals surface area contributed by atoms with Gasteiger partial charge in [0.1, 0.15) is 12.5 Å². The largest absolute Gasteiger partial charge is 1.00 e. The number of ether oxygens (including phenoxy) is 8. The Labute approximate surface area is 380 Å². The van der Waals surface area contributed by atoms with Gasteiger partial charge in [-0.1, -0.05) is 13.8 Å². The Morgan fingerprint density at radius 2 is 1.31 bits per heavy atom. The number of carbonyl (C=O) groups is 2. The monoisotopic (exact) mass is 896 g/mol. The molecule has 2 heterocycles. The Morgan fingerprint density at radius 3 is 1.80 bits per heavy atom. The summed E-state index contributed by atoms with van der Waals surface area (Å²) in [7, 11) is -3.24. The number of benzene rings is 1. The SMILES string of the molecule is CCN(CC)CCNC(=O)c1c(C)[nH]c(C=C2C(=O)N(COP(=O)([O-])OCCOCCOCCOCCOCCOCCOCCOCCOC)c3ccc(F)cc32)c1C.[Na+]. The summed E-state index contributed by atoms with van der Waals surface area (Å²) in [6.45, 7) is 15.4. The Morgan fingerprint density at radius 1 is 0.820 bits per heavy atom. The van der Waals surface area contributed by atoms with E-state index in [1.54, 1.807) is 21.0 Å². The van der Waals surface area contributed by atoms with E-state index in [-0.39, 0.29) is 78.7 Å². The molecule has 1 aromatic heterocycles. The van der Waals surface area contributed by atoms with Crippen LogP contribution in [0.2, 0.25) is 0 Å². The van der Waals surface area contributed by atoms with E-state index in [1.807, 2.05) is 0 Å². The number of amides is 2. The van der Waals surface area contributed by atoms with Crippen molar-refractivity contribution in [1.29, 1.82) is 0 Å². The molecule has 1 atom stereocenters. The number of nitrogens with zero attached hydrogens (tertiary/aromatic N) is 2. The van der Waals surface area contributed by atoms with Gasteiger partial charge >= 0.3 is 29.6 Å². The molecule has 1 aromatic carbocycles. The number of aryl methyl sites for hydroxylation is 1. The molecule has 1 aliphatic rings. The minimum absolute atomic E-state index is 0. The van der Waals surface area contributed by atoms with E-state index in [0.717, 1.165) is 24.1 Å². The third-order valence-corrected chi connectivity index (χ3v) is 10.0. The van der Waals surface area contributed by atoms with E-state index in [0.29, 0.717) is 115 Å². The molecule has 0 saturated carbocycles. The van der Waals surface area contributed by atoms with Crippen molar-refractivity contribution in [3.8, 4) is 0 Å². The zero-order valence-electron chi connectivity index (χ0n) is 36.6. The quantitative estimate of drug-likeness (QED) is 0.0404. The fourth-order valence-corrected chi connectivity index (χ4v) is 6.52. The van der Waals surface area contributed by atoms with Gasteiger partial charge in [-0.3, -0.25) is 23.6 Å². The first-order chi connectivity index (χ1) is 29.0. The summed E-state index contributed by atoms with van der Waals surface area (Å²) in [6.07, 6.45) is 1.52. The van der Waals surface area contributed by atoms with Gasteiger partial charge in [0.05, 0.1) is 123 Å². The topological polar surface area (TPSA) is 201 Å². The molecular weight excluding hydrogens is 833 g/mol. The second-order valence-electron chi connectivity index (χ2n) is 13.2. The van der Waals surface area contributed by atoms with Crippen molar-refractivity contribution < 1.29 is 99.9 Å². The van der Waals surface area contributed by atoms with Crippen molar-refractivity contribution in [2.24, 2.45) is 0 Å². The van der Waals surface area contributed by atoms with Crippen molar-refractivity contribution in [3.63, 3.8) is 0 Å². The average molecular weight is 897 g/mol. The first-order valence-electron chi connectivity index (χ1n) is 20.2. The van der Waals surface area contributed by atoms with Crippen LogP contribution in [-0.4, -0.2) is 167 Å². The Bertz CT molecular complexity index is 1650. The first-order valence-corrected chi connectivity index (χ1v) is 21.6. The predicted molar refractivity (Wildman–Crippen MR) is 219 cm³/mol. The molecule has 0 aliphatic carbocycles. The molecule has 61 heavy (non-hydrogen) atoms. The number of phosphoric ester groups is 1. The number of anilines is 1. The molecule has 0 radical (unpaired) electrons. The number of aromatic nitrogens is 1. The average Bonchev–Trinajstić information content (AvgIpc) is 3.65. The van der Waals surface area contributed by atoms with Crippen LogP contribution in [0.5, 0.6) is 0 Å². The second kappa shape index (κ2) is 31.7. The van der Waals surface area contributed by atoms with Crippen LogP contribution in [0.25, 0.3) is 11.6 Å². The van der Waals surface area contributed by atoms with Crippen LogP contribution in [0, 0.1) is 19.7 Å². The third-order valence-electron chi connectivity index (χ3n) is 9.10. The van der Waals surface area contributed by atoms with Crippen molar-refractivity contribution in [3.05, 3.63) is 52.1 Å². The van der Waals surface area contributed by atoms with Gasteiger partial charge in [-0.15, -0.1) is 0 Å². The minimum Gasteiger partial charge on any atom is -0.756 e. The summed E-state index contributed by atoms with van der Waals surface area (Å²) in [5.41, 5.74) is 2.72. The molecule has 1 unspecified atom stereocenters. The van der Waals surface area contributed by atoms with Gasteiger partial charge in [-0.05, 0) is 56.8 Å². The van der Waals surface area contributed by atoms with Crippen molar-refractivity contribution in [2.75, 3.05) is 151 Å². The number of halogens is 1. The number of rotatable bonds is 35. The zero-order chi connectivity index (χ0) is 43.6. The number of hydrogen-bond donors (Lipinski definition) is 2. The maximum Gasteiger partial charge on any atom is 1.00 e. The van der Waals surface area contributed by atoms with Gasteiger partial charge in [0, 0.05) is 37.2 Å². The number of H-pyrrole nitrogens is 1. The first kappa shape index (κ1) is 55.0. The summed E-state index contributed by atoms with van der Waals surface area (Å²) in [5, 5.41) is 2.95. The number of carbonyl (C=O) groups excluding carboxylic acids is 2. The molecule has 3 rings (SSSR count). The third kappa shape index (κ3) is 20.5. The number of hydrogen-bond acceptors (Lipinski definition) is 15. The van der Waals surface area contributed by atoms with Gasteiger partial charge in [0.25, 0.3) is 19.6 Å². The van der Waals surface area contributed by atoms with Crippen LogP contribution in [0.1, 0.15) is 46.7 Å². The Hall–Kier alpha value is -2.14. The van der Waals surface area contributed by atoms with E-state index in [2.05, 4.69) is 29.0 Å². The van der Waals surface area contributed by atoms with Crippen LogP contribution in [0.4, 0.5) is 10.1 Å². The van der Waals surface area contributed by atoms with Gasteiger partial charge in [0.15, 0.2) is 0 Å². The van der Waals surface area contributed by atoms with Crippen LogP contribution < -0.4 is 44.7 Å². The summed E-state index contributed by atoms with van der Waals surface area (Å²) < 4.78 is 79.7. The maximum absolute atomic E-state index is 14.4. The number of likely N-dealkylation sites (N-methyl/N-ethyl adjacent to an activating group) is 1. The van der Waals surface area contributed by atoms with Gasteiger partial charge in [-0.25, -0.2) is 4.39 Å². The predicted octanol–water partition coefficient (Wildman–Crippen LogP) is -0.0449. The normalized spacial score (nSPS) is 14.2. The molecule has 0 fully saturated rings. The molecule has 2 N–H and O–H groups in total. The van der Waals surface area contributed by atoms with E-state index in [4.69, 9.17) is 46.9 Å². The molecule has 0 bridgehead atoms. The second-order valence-corrected chi connectivity index (χ2v) is 14.6. The van der Waals surface area contributed by atoms with Crippen LogP contribution in [0.3, 0.4) is 0 Å². The van der Waals surface area contributed by atoms with Crippen molar-refractivity contribution >= 4 is 37.0 Å². The van der Waals surface area contributed by atoms with Gasteiger partial charge in [-0.2, -0.15) is 0 Å². The molecule has 1 aliphatic heterocycles. The molecule has 2 amide bonds. The summed E-state index contributed by atoms with van der Waals surface area (Å²) in [6, 6.07) is 3.71. The Balaban J connectivity index is 0.0000128. The molecule has 0 spiro atoms. The van der Waals surface area contributed by atoms with E-state index >= 15 is 0 Å². The van der Waals surface area contributed by atoms with E-state index in [9.17, 15) is 23.4 Å². The van der Waals surface area contributed by atoms with Crippen LogP contribution >= 0.6 is 7.82 Å². The van der Waals surface area contributed by atoms with Crippen molar-refractivity contribution in [2.45, 2.75) is 27.7 Å². The van der Waals surface area contributed by atoms with Gasteiger partial charge in [0.2, 0.25) is 0 Å². The molecule has 21 heteroatoms. The standard InChI is InChI=1S/C40H64FN4O14P.Na/c1-6-44(7-2)11-10-42-39(46)38-31(3)36(43-32(38)4)29-35-34-28-33(41)8-9-37(34)45(40(35)47)30-59-60(48,49)58-27-26-57-25-24-56-23-22-55-21-20-54-19-18-53-17-16-52-15-14-51-13-12-50-5;/h8-9,28-29,43H,6-7,10-27,30H2,1-5H3,(H,42,46)(H,48,49);/q;+1/p-1. The summed E-state index contributed by atoms with van der Waals surface area (Å²) in [4.78, 5) is 45.7.